The minimum atomic E-state index is -0.239. The van der Waals surface area contributed by atoms with E-state index in [-0.39, 0.29) is 19.1 Å². The predicted molar refractivity (Wildman–Crippen MR) is 83.2 cm³/mol. The van der Waals surface area contributed by atoms with Crippen LogP contribution in [0.5, 0.6) is 5.75 Å². The molecule has 0 bridgehead atoms. The van der Waals surface area contributed by atoms with Crippen LogP contribution in [0, 0.1) is 0 Å². The van der Waals surface area contributed by atoms with Gasteiger partial charge in [-0.05, 0) is 30.3 Å². The molecule has 1 amide bonds. The average molecular weight is 317 g/mol. The summed E-state index contributed by atoms with van der Waals surface area (Å²) < 4.78 is 5.54. The number of ether oxygens (including phenoxy) is 1. The molecule has 0 spiro atoms. The molecule has 0 saturated heterocycles. The maximum Gasteiger partial charge on any atom is 0.251 e. The third kappa shape index (κ3) is 3.17. The largest absolute Gasteiger partial charge is 0.488 e. The van der Waals surface area contributed by atoms with Crippen LogP contribution < -0.4 is 15.8 Å². The van der Waals surface area contributed by atoms with Gasteiger partial charge in [0.15, 0.2) is 0 Å². The van der Waals surface area contributed by atoms with Gasteiger partial charge in [0.2, 0.25) is 0 Å². The molecule has 1 aliphatic heterocycles. The highest BCUT2D eigenvalue weighted by molar-refractivity contribution is 6.30. The summed E-state index contributed by atoms with van der Waals surface area (Å²) in [6.07, 6.45) is 3.31. The molecule has 6 nitrogen and oxygen atoms in total. The van der Waals surface area contributed by atoms with Crippen LogP contribution in [0.25, 0.3) is 6.08 Å². The lowest BCUT2D eigenvalue weighted by Crippen LogP contribution is -2.29. The number of hydrogen-bond donors (Lipinski definition) is 2. The third-order valence-electron chi connectivity index (χ3n) is 3.11. The first-order chi connectivity index (χ1) is 10.6. The Morgan fingerprint density at radius 3 is 3.09 bits per heavy atom. The topological polar surface area (TPSA) is 90.1 Å². The molecule has 1 aromatic carbocycles. The molecule has 1 aromatic heterocycles. The van der Waals surface area contributed by atoms with Gasteiger partial charge in [-0.1, -0.05) is 11.6 Å². The van der Waals surface area contributed by atoms with Gasteiger partial charge < -0.3 is 15.8 Å². The Hall–Kier alpha value is -2.60. The number of halogens is 1. The van der Waals surface area contributed by atoms with Gasteiger partial charge in [0.25, 0.3) is 5.91 Å². The first-order valence-electron chi connectivity index (χ1n) is 6.60. The van der Waals surface area contributed by atoms with Crippen LogP contribution in [-0.2, 0) is 11.3 Å². The van der Waals surface area contributed by atoms with Crippen molar-refractivity contribution in [3.8, 4) is 5.75 Å². The lowest BCUT2D eigenvalue weighted by molar-refractivity contribution is -0.118. The molecule has 3 N–H and O–H groups in total. The van der Waals surface area contributed by atoms with Crippen LogP contribution in [0.3, 0.4) is 0 Å². The molecule has 0 atom stereocenters. The summed E-state index contributed by atoms with van der Waals surface area (Å²) in [5.41, 5.74) is 6.86. The number of nitrogens with one attached hydrogen (secondary N) is 1. The van der Waals surface area contributed by atoms with Gasteiger partial charge in [0, 0.05) is 16.8 Å². The van der Waals surface area contributed by atoms with Crippen LogP contribution in [0.4, 0.5) is 5.82 Å². The van der Waals surface area contributed by atoms with Crippen molar-refractivity contribution in [1.82, 2.24) is 15.3 Å². The quantitative estimate of drug-likeness (QED) is 0.901. The van der Waals surface area contributed by atoms with Crippen molar-refractivity contribution in [2.24, 2.45) is 0 Å². The number of carbonyl (C=O) groups excluding carboxylic acids is 1. The zero-order valence-electron chi connectivity index (χ0n) is 11.5. The van der Waals surface area contributed by atoms with E-state index in [1.165, 1.54) is 0 Å². The number of aromatic nitrogens is 2. The molecule has 0 unspecified atom stereocenters. The van der Waals surface area contributed by atoms with Crippen LogP contribution in [0.1, 0.15) is 11.4 Å². The molecule has 7 heteroatoms. The maximum absolute atomic E-state index is 12.2. The van der Waals surface area contributed by atoms with Crippen molar-refractivity contribution in [2.75, 3.05) is 12.3 Å². The van der Waals surface area contributed by atoms with E-state index >= 15 is 0 Å². The van der Waals surface area contributed by atoms with E-state index in [0.29, 0.717) is 28.0 Å². The van der Waals surface area contributed by atoms with Crippen molar-refractivity contribution in [1.29, 1.82) is 0 Å². The summed E-state index contributed by atoms with van der Waals surface area (Å²) in [5, 5.41) is 3.33. The monoisotopic (exact) mass is 316 g/mol. The molecule has 3 rings (SSSR count). The standard InChI is InChI=1S/C15H13ClN4O2/c16-11-1-2-12-9(6-11)5-10(8-22-12)15(21)19-7-14-18-4-3-13(17)20-14/h1-6H,7-8H2,(H,19,21)(H2,17,18,20). The molecule has 0 fully saturated rings. The minimum absolute atomic E-state index is 0.198. The van der Waals surface area contributed by atoms with Crippen molar-refractivity contribution in [2.45, 2.75) is 6.54 Å². The van der Waals surface area contributed by atoms with E-state index in [2.05, 4.69) is 15.3 Å². The van der Waals surface area contributed by atoms with Crippen LogP contribution in [-0.4, -0.2) is 22.5 Å². The lowest BCUT2D eigenvalue weighted by Gasteiger charge is -2.17. The second kappa shape index (κ2) is 6.03. The molecule has 0 aliphatic carbocycles. The van der Waals surface area contributed by atoms with Crippen LogP contribution in [0.2, 0.25) is 5.02 Å². The van der Waals surface area contributed by atoms with Gasteiger partial charge in [-0.25, -0.2) is 9.97 Å². The minimum Gasteiger partial charge on any atom is -0.488 e. The van der Waals surface area contributed by atoms with E-state index in [0.717, 1.165) is 5.56 Å². The van der Waals surface area contributed by atoms with Gasteiger partial charge in [-0.3, -0.25) is 4.79 Å². The molecule has 1 aliphatic rings. The van der Waals surface area contributed by atoms with E-state index in [1.54, 1.807) is 36.5 Å². The Bertz CT molecular complexity index is 761. The molecule has 22 heavy (non-hydrogen) atoms. The van der Waals surface area contributed by atoms with Crippen LogP contribution in [0.15, 0.2) is 36.0 Å². The first kappa shape index (κ1) is 14.3. The van der Waals surface area contributed by atoms with Crippen molar-refractivity contribution in [3.63, 3.8) is 0 Å². The number of rotatable bonds is 3. The Labute approximate surface area is 132 Å². The highest BCUT2D eigenvalue weighted by Gasteiger charge is 2.17. The molecular weight excluding hydrogens is 304 g/mol. The number of amides is 1. The maximum atomic E-state index is 12.2. The average Bonchev–Trinajstić information content (AvgIpc) is 2.52. The predicted octanol–water partition coefficient (Wildman–Crippen LogP) is 1.80. The summed E-state index contributed by atoms with van der Waals surface area (Å²) in [7, 11) is 0. The number of carbonyl (C=O) groups is 1. The molecule has 112 valence electrons. The van der Waals surface area contributed by atoms with Gasteiger partial charge in [-0.2, -0.15) is 0 Å². The van der Waals surface area contributed by atoms with E-state index in [4.69, 9.17) is 22.1 Å². The summed E-state index contributed by atoms with van der Waals surface area (Å²) >= 11 is 5.95. The number of nitrogens with two attached hydrogens (primary N) is 1. The van der Waals surface area contributed by atoms with Crippen molar-refractivity contribution < 1.29 is 9.53 Å². The summed E-state index contributed by atoms with van der Waals surface area (Å²) in [4.78, 5) is 20.2. The van der Waals surface area contributed by atoms with Crippen molar-refractivity contribution >= 4 is 29.4 Å². The molecular formula is C15H13ClN4O2. The highest BCUT2D eigenvalue weighted by Crippen LogP contribution is 2.28. The molecule has 2 aromatic rings. The van der Waals surface area contributed by atoms with Gasteiger partial charge in [-0.15, -0.1) is 0 Å². The van der Waals surface area contributed by atoms with E-state index in [9.17, 15) is 4.79 Å². The fourth-order valence-electron chi connectivity index (χ4n) is 2.05. The second-order valence-corrected chi connectivity index (χ2v) is 5.16. The SMILES string of the molecule is Nc1ccnc(CNC(=O)C2=Cc3cc(Cl)ccc3OC2)n1. The fourth-order valence-corrected chi connectivity index (χ4v) is 2.23. The Kier molecular flexibility index (Phi) is 3.93. The normalized spacial score (nSPS) is 12.9. The Morgan fingerprint density at radius 1 is 1.41 bits per heavy atom. The molecule has 0 radical (unpaired) electrons. The smallest absolute Gasteiger partial charge is 0.251 e. The van der Waals surface area contributed by atoms with Gasteiger partial charge >= 0.3 is 0 Å². The number of fused-ring (bicyclic) bond motifs is 1. The molecule has 0 saturated carbocycles. The summed E-state index contributed by atoms with van der Waals surface area (Å²) in [6.45, 7) is 0.405. The zero-order valence-corrected chi connectivity index (χ0v) is 12.3. The lowest BCUT2D eigenvalue weighted by atomic mass is 10.1. The number of hydrogen-bond acceptors (Lipinski definition) is 5. The number of anilines is 1. The Morgan fingerprint density at radius 2 is 2.27 bits per heavy atom. The number of nitrogens with zero attached hydrogens (tertiary/aromatic N) is 2. The zero-order chi connectivity index (χ0) is 15.5. The van der Waals surface area contributed by atoms with Gasteiger partial charge in [0.05, 0.1) is 12.1 Å². The fraction of sp³-hybridized carbons (Fsp3) is 0.133. The highest BCUT2D eigenvalue weighted by atomic mass is 35.5. The molecule has 2 heterocycles. The first-order valence-corrected chi connectivity index (χ1v) is 6.98. The van der Waals surface area contributed by atoms with Gasteiger partial charge in [0.1, 0.15) is 24.0 Å². The summed E-state index contributed by atoms with van der Waals surface area (Å²) in [5.74, 6) is 1.29. The van der Waals surface area contributed by atoms with E-state index < -0.39 is 0 Å². The van der Waals surface area contributed by atoms with E-state index in [1.807, 2.05) is 0 Å². The van der Waals surface area contributed by atoms with Crippen LogP contribution >= 0.6 is 11.6 Å². The third-order valence-corrected chi connectivity index (χ3v) is 3.35. The second-order valence-electron chi connectivity index (χ2n) is 4.72. The summed E-state index contributed by atoms with van der Waals surface area (Å²) in [6, 6.07) is 6.87. The number of nitrogen functional groups attached to an aromatic ring is 1. The number of benzene rings is 1. The van der Waals surface area contributed by atoms with Crippen molar-refractivity contribution in [3.05, 3.63) is 52.4 Å². The Balaban J connectivity index is 1.70.